The molecule has 102 valence electrons. The van der Waals surface area contributed by atoms with Crippen molar-refractivity contribution in [3.05, 3.63) is 0 Å². The van der Waals surface area contributed by atoms with Crippen molar-refractivity contribution in [2.24, 2.45) is 5.84 Å². The van der Waals surface area contributed by atoms with Gasteiger partial charge in [-0.2, -0.15) is 15.0 Å². The van der Waals surface area contributed by atoms with Gasteiger partial charge < -0.3 is 9.64 Å². The molecule has 0 amide bonds. The molecule has 0 unspecified atom stereocenters. The third-order valence-electron chi connectivity index (χ3n) is 1.86. The highest BCUT2D eigenvalue weighted by Crippen LogP contribution is 2.31. The molecule has 2 rings (SSSR count). The molecule has 0 aromatic carbocycles. The second-order valence-electron chi connectivity index (χ2n) is 3.42. The highest BCUT2D eigenvalue weighted by molar-refractivity contribution is 8.00. The maximum absolute atomic E-state index is 5.28. The molecular formula is C8H12N8OS2. The van der Waals surface area contributed by atoms with Crippen LogP contribution in [0.15, 0.2) is 9.50 Å². The number of hydrogen-bond acceptors (Lipinski definition) is 11. The van der Waals surface area contributed by atoms with Gasteiger partial charge in [0.15, 0.2) is 4.34 Å². The van der Waals surface area contributed by atoms with Crippen LogP contribution in [0, 0.1) is 0 Å². The van der Waals surface area contributed by atoms with Gasteiger partial charge in [-0.15, -0.1) is 10.2 Å². The number of nitrogens with one attached hydrogen (secondary N) is 1. The average molecular weight is 300 g/mol. The predicted molar refractivity (Wildman–Crippen MR) is 72.5 cm³/mol. The van der Waals surface area contributed by atoms with Crippen LogP contribution in [0.3, 0.4) is 0 Å². The van der Waals surface area contributed by atoms with Crippen molar-refractivity contribution < 1.29 is 4.74 Å². The fourth-order valence-corrected chi connectivity index (χ4v) is 2.65. The monoisotopic (exact) mass is 300 g/mol. The second-order valence-corrected chi connectivity index (χ2v) is 5.59. The molecule has 9 nitrogen and oxygen atoms in total. The van der Waals surface area contributed by atoms with Crippen molar-refractivity contribution in [2.75, 3.05) is 31.5 Å². The fraction of sp³-hybridized carbons (Fsp3) is 0.375. The number of aromatic nitrogens is 5. The summed E-state index contributed by atoms with van der Waals surface area (Å²) in [7, 11) is 5.27. The normalized spacial score (nSPS) is 10.3. The molecule has 0 aliphatic heterocycles. The van der Waals surface area contributed by atoms with Gasteiger partial charge in [0.05, 0.1) is 7.11 Å². The lowest BCUT2D eigenvalue weighted by atomic mass is 10.9. The number of nitrogens with zero attached hydrogens (tertiary/aromatic N) is 6. The van der Waals surface area contributed by atoms with Crippen LogP contribution in [-0.4, -0.2) is 46.4 Å². The number of nitrogens with two attached hydrogens (primary N) is 1. The van der Waals surface area contributed by atoms with Crippen LogP contribution in [0.1, 0.15) is 0 Å². The molecule has 3 N–H and O–H groups in total. The van der Waals surface area contributed by atoms with Gasteiger partial charge in [-0.3, -0.25) is 5.43 Å². The van der Waals surface area contributed by atoms with Crippen LogP contribution in [0.2, 0.25) is 0 Å². The van der Waals surface area contributed by atoms with Crippen LogP contribution in [0.25, 0.3) is 0 Å². The lowest BCUT2D eigenvalue weighted by molar-refractivity contribution is 0.373. The summed E-state index contributed by atoms with van der Waals surface area (Å²) >= 11 is 2.70. The third-order valence-corrected chi connectivity index (χ3v) is 3.87. The minimum absolute atomic E-state index is 0.183. The van der Waals surface area contributed by atoms with E-state index >= 15 is 0 Å². The van der Waals surface area contributed by atoms with Gasteiger partial charge in [0.1, 0.15) is 0 Å². The van der Waals surface area contributed by atoms with Crippen molar-refractivity contribution in [3.8, 4) is 6.01 Å². The molecule has 0 saturated carbocycles. The Balaban J connectivity index is 2.21. The first-order chi connectivity index (χ1) is 9.12. The van der Waals surface area contributed by atoms with E-state index in [0.717, 1.165) is 9.47 Å². The van der Waals surface area contributed by atoms with E-state index in [9.17, 15) is 0 Å². The maximum Gasteiger partial charge on any atom is 0.322 e. The Bertz CT molecular complexity index is 537. The number of hydrazine groups is 1. The molecule has 0 spiro atoms. The Morgan fingerprint density at radius 1 is 1.26 bits per heavy atom. The fourth-order valence-electron chi connectivity index (χ4n) is 1.04. The lowest BCUT2D eigenvalue weighted by Gasteiger charge is -2.04. The number of hydrogen-bond donors (Lipinski definition) is 2. The highest BCUT2D eigenvalue weighted by atomic mass is 32.2. The summed E-state index contributed by atoms with van der Waals surface area (Å²) in [5.41, 5.74) is 2.35. The van der Waals surface area contributed by atoms with Gasteiger partial charge in [0.2, 0.25) is 16.2 Å². The summed E-state index contributed by atoms with van der Waals surface area (Å²) in [6.45, 7) is 0. The zero-order valence-electron chi connectivity index (χ0n) is 10.5. The molecule has 0 aliphatic carbocycles. The van der Waals surface area contributed by atoms with Crippen LogP contribution in [0.5, 0.6) is 6.01 Å². The largest absolute Gasteiger partial charge is 0.467 e. The van der Waals surface area contributed by atoms with Gasteiger partial charge in [-0.1, -0.05) is 11.3 Å². The Kier molecular flexibility index (Phi) is 4.29. The van der Waals surface area contributed by atoms with Crippen molar-refractivity contribution in [3.63, 3.8) is 0 Å². The minimum atomic E-state index is 0.183. The Morgan fingerprint density at radius 2 is 2.05 bits per heavy atom. The molecule has 0 radical (unpaired) electrons. The Hall–Kier alpha value is -1.72. The van der Waals surface area contributed by atoms with Gasteiger partial charge in [-0.05, 0) is 11.8 Å². The van der Waals surface area contributed by atoms with Crippen LogP contribution < -0.4 is 20.9 Å². The van der Waals surface area contributed by atoms with E-state index in [0.29, 0.717) is 5.16 Å². The van der Waals surface area contributed by atoms with Crippen molar-refractivity contribution >= 4 is 34.2 Å². The summed E-state index contributed by atoms with van der Waals surface area (Å²) in [5, 5.41) is 9.31. The first kappa shape index (κ1) is 13.7. The number of rotatable bonds is 5. The van der Waals surface area contributed by atoms with Crippen LogP contribution in [-0.2, 0) is 0 Å². The Morgan fingerprint density at radius 3 is 2.63 bits per heavy atom. The number of ether oxygens (including phenoxy) is 1. The summed E-state index contributed by atoms with van der Waals surface area (Å²) < 4.78 is 5.69. The maximum atomic E-state index is 5.28. The van der Waals surface area contributed by atoms with Gasteiger partial charge in [-0.25, -0.2) is 5.84 Å². The summed E-state index contributed by atoms with van der Waals surface area (Å²) in [6, 6.07) is 0.183. The molecule has 0 saturated heterocycles. The standard InChI is InChI=1S/C8H12N8OS2/c1-16(2)7-14-15-8(19-7)18-6-11-4(13-9)10-5(12-6)17-3/h9H2,1-3H3,(H,10,11,12,13). The molecule has 0 bridgehead atoms. The first-order valence-corrected chi connectivity index (χ1v) is 6.71. The molecule has 0 atom stereocenters. The topological polar surface area (TPSA) is 115 Å². The lowest BCUT2D eigenvalue weighted by Crippen LogP contribution is -2.12. The minimum Gasteiger partial charge on any atom is -0.467 e. The molecule has 2 aromatic heterocycles. The van der Waals surface area contributed by atoms with Crippen LogP contribution >= 0.6 is 23.1 Å². The molecule has 19 heavy (non-hydrogen) atoms. The van der Waals surface area contributed by atoms with Gasteiger partial charge in [0, 0.05) is 14.1 Å². The summed E-state index contributed by atoms with van der Waals surface area (Å²) in [4.78, 5) is 14.0. The van der Waals surface area contributed by atoms with E-state index in [4.69, 9.17) is 10.6 Å². The zero-order valence-corrected chi connectivity index (χ0v) is 12.1. The second kappa shape index (κ2) is 5.95. The molecule has 11 heteroatoms. The van der Waals surface area contributed by atoms with E-state index in [1.165, 1.54) is 30.2 Å². The quantitative estimate of drug-likeness (QED) is 0.587. The van der Waals surface area contributed by atoms with Crippen LogP contribution in [0.4, 0.5) is 11.1 Å². The number of methoxy groups -OCH3 is 1. The van der Waals surface area contributed by atoms with E-state index in [-0.39, 0.29) is 12.0 Å². The van der Waals surface area contributed by atoms with Crippen molar-refractivity contribution in [1.29, 1.82) is 0 Å². The smallest absolute Gasteiger partial charge is 0.322 e. The average Bonchev–Trinajstić information content (AvgIpc) is 2.87. The number of nitrogen functional groups attached to an aromatic ring is 1. The van der Waals surface area contributed by atoms with Crippen molar-refractivity contribution in [2.45, 2.75) is 9.50 Å². The third kappa shape index (κ3) is 3.39. The van der Waals surface area contributed by atoms with Gasteiger partial charge in [0.25, 0.3) is 0 Å². The van der Waals surface area contributed by atoms with Crippen molar-refractivity contribution in [1.82, 2.24) is 25.1 Å². The SMILES string of the molecule is COc1nc(NN)nc(Sc2nnc(N(C)C)s2)n1. The number of anilines is 2. The van der Waals surface area contributed by atoms with E-state index in [1.807, 2.05) is 19.0 Å². The van der Waals surface area contributed by atoms with E-state index in [1.54, 1.807) is 0 Å². The first-order valence-electron chi connectivity index (χ1n) is 5.07. The predicted octanol–water partition coefficient (Wildman–Crippen LogP) is 0.234. The molecule has 2 heterocycles. The summed E-state index contributed by atoms with van der Waals surface area (Å²) in [6.07, 6.45) is 0. The Labute approximate surface area is 117 Å². The highest BCUT2D eigenvalue weighted by Gasteiger charge is 2.12. The summed E-state index contributed by atoms with van der Waals surface area (Å²) in [5.74, 6) is 5.51. The van der Waals surface area contributed by atoms with Gasteiger partial charge >= 0.3 is 6.01 Å². The molecular weight excluding hydrogens is 288 g/mol. The molecule has 2 aromatic rings. The molecule has 0 fully saturated rings. The zero-order chi connectivity index (χ0) is 13.8. The molecule has 0 aliphatic rings. The van der Waals surface area contributed by atoms with E-state index in [2.05, 4.69) is 30.6 Å². The van der Waals surface area contributed by atoms with E-state index < -0.39 is 0 Å².